The van der Waals surface area contributed by atoms with E-state index in [0.717, 1.165) is 29.4 Å². The molecule has 0 atom stereocenters. The van der Waals surface area contributed by atoms with Crippen molar-refractivity contribution in [1.82, 2.24) is 24.5 Å². The highest BCUT2D eigenvalue weighted by molar-refractivity contribution is 5.64. The molecule has 0 saturated heterocycles. The number of aromatic nitrogens is 5. The first-order valence-electron chi connectivity index (χ1n) is 8.57. The minimum absolute atomic E-state index is 0.490. The van der Waals surface area contributed by atoms with Crippen molar-refractivity contribution >= 4 is 11.6 Å². The fraction of sp³-hybridized carbons (Fsp3) is 0.100. The van der Waals surface area contributed by atoms with Crippen LogP contribution in [0.1, 0.15) is 0 Å². The number of imidazole rings is 1. The monoisotopic (exact) mass is 358 g/mol. The van der Waals surface area contributed by atoms with Crippen LogP contribution in [0.15, 0.2) is 79.6 Å². The molecule has 0 saturated carbocycles. The van der Waals surface area contributed by atoms with E-state index in [2.05, 4.69) is 25.3 Å². The van der Waals surface area contributed by atoms with Gasteiger partial charge in [-0.3, -0.25) is 4.98 Å². The van der Waals surface area contributed by atoms with E-state index in [0.29, 0.717) is 12.6 Å². The van der Waals surface area contributed by atoms with Crippen LogP contribution in [0.25, 0.3) is 11.4 Å². The summed E-state index contributed by atoms with van der Waals surface area (Å²) in [6.07, 6.45) is 8.88. The molecule has 1 aromatic carbocycles. The molecule has 1 N–H and O–H groups in total. The third-order valence-electron chi connectivity index (χ3n) is 3.88. The average molecular weight is 358 g/mol. The number of hydrogen-bond donors (Lipinski definition) is 1. The van der Waals surface area contributed by atoms with Crippen molar-refractivity contribution in [2.24, 2.45) is 0 Å². The Morgan fingerprint density at radius 3 is 2.67 bits per heavy atom. The van der Waals surface area contributed by atoms with Crippen molar-refractivity contribution < 1.29 is 4.74 Å². The van der Waals surface area contributed by atoms with E-state index in [1.54, 1.807) is 24.9 Å². The number of nitrogens with zero attached hydrogens (tertiary/aromatic N) is 5. The molecule has 0 aliphatic heterocycles. The number of benzene rings is 1. The zero-order chi connectivity index (χ0) is 18.3. The Balaban J connectivity index is 1.48. The standard InChI is InChI=1S/C20H18N6O/c1-2-7-19(27-14-13-26-12-11-21-15-26)18(6-1)25-20-23-10-8-17(24-20)16-5-3-4-9-22-16/h1-12,15H,13-14H2,(H,23,24,25). The predicted octanol–water partition coefficient (Wildman–Crippen LogP) is 3.56. The summed E-state index contributed by atoms with van der Waals surface area (Å²) >= 11 is 0. The molecule has 3 aromatic heterocycles. The van der Waals surface area contributed by atoms with Crippen LogP contribution < -0.4 is 10.1 Å². The lowest BCUT2D eigenvalue weighted by molar-refractivity contribution is 0.299. The minimum atomic E-state index is 0.490. The normalized spacial score (nSPS) is 10.5. The Bertz CT molecular complexity index is 988. The summed E-state index contributed by atoms with van der Waals surface area (Å²) in [5.41, 5.74) is 2.36. The van der Waals surface area contributed by atoms with Gasteiger partial charge in [0.1, 0.15) is 12.4 Å². The second-order valence-corrected chi connectivity index (χ2v) is 5.75. The van der Waals surface area contributed by atoms with Gasteiger partial charge < -0.3 is 14.6 Å². The Morgan fingerprint density at radius 2 is 1.81 bits per heavy atom. The second kappa shape index (κ2) is 8.09. The van der Waals surface area contributed by atoms with Gasteiger partial charge in [0, 0.05) is 24.8 Å². The van der Waals surface area contributed by atoms with Crippen molar-refractivity contribution in [3.8, 4) is 17.1 Å². The zero-order valence-electron chi connectivity index (χ0n) is 14.6. The summed E-state index contributed by atoms with van der Waals surface area (Å²) in [5.74, 6) is 1.23. The number of ether oxygens (including phenoxy) is 1. The van der Waals surface area contributed by atoms with Crippen molar-refractivity contribution in [2.75, 3.05) is 11.9 Å². The highest BCUT2D eigenvalue weighted by Crippen LogP contribution is 2.26. The number of rotatable bonds is 7. The molecule has 0 spiro atoms. The molecule has 0 amide bonds. The van der Waals surface area contributed by atoms with E-state index in [1.165, 1.54) is 0 Å². The topological polar surface area (TPSA) is 77.8 Å². The zero-order valence-corrected chi connectivity index (χ0v) is 14.6. The number of anilines is 2. The summed E-state index contributed by atoms with van der Waals surface area (Å²) in [6, 6.07) is 15.3. The first-order chi connectivity index (χ1) is 13.4. The van der Waals surface area contributed by atoms with E-state index in [4.69, 9.17) is 4.74 Å². The van der Waals surface area contributed by atoms with Crippen molar-refractivity contribution in [3.63, 3.8) is 0 Å². The molecule has 3 heterocycles. The fourth-order valence-corrected chi connectivity index (χ4v) is 2.57. The third-order valence-corrected chi connectivity index (χ3v) is 3.88. The van der Waals surface area contributed by atoms with Gasteiger partial charge in [-0.05, 0) is 30.3 Å². The Kier molecular flexibility index (Phi) is 5.01. The molecule has 27 heavy (non-hydrogen) atoms. The molecule has 0 fully saturated rings. The van der Waals surface area contributed by atoms with Gasteiger partial charge >= 0.3 is 0 Å². The maximum Gasteiger partial charge on any atom is 0.227 e. The SMILES string of the molecule is c1ccc(-c2ccnc(Nc3ccccc3OCCn3ccnc3)n2)nc1. The predicted molar refractivity (Wildman–Crippen MR) is 103 cm³/mol. The molecule has 0 bridgehead atoms. The van der Waals surface area contributed by atoms with Gasteiger partial charge in [0.25, 0.3) is 0 Å². The molecular weight excluding hydrogens is 340 g/mol. The van der Waals surface area contributed by atoms with Gasteiger partial charge in [0.15, 0.2) is 0 Å². The first-order valence-corrected chi connectivity index (χ1v) is 8.57. The Labute approximate surface area is 156 Å². The molecular formula is C20H18N6O. The smallest absolute Gasteiger partial charge is 0.227 e. The Morgan fingerprint density at radius 1 is 0.889 bits per heavy atom. The van der Waals surface area contributed by atoms with E-state index >= 15 is 0 Å². The fourth-order valence-electron chi connectivity index (χ4n) is 2.57. The van der Waals surface area contributed by atoms with Gasteiger partial charge in [0.05, 0.1) is 29.9 Å². The summed E-state index contributed by atoms with van der Waals surface area (Å²) < 4.78 is 7.89. The molecule has 4 aromatic rings. The van der Waals surface area contributed by atoms with Crippen LogP contribution in [-0.2, 0) is 6.54 Å². The highest BCUT2D eigenvalue weighted by atomic mass is 16.5. The molecule has 0 aliphatic rings. The van der Waals surface area contributed by atoms with Crippen LogP contribution in [0.2, 0.25) is 0 Å². The van der Waals surface area contributed by atoms with Crippen molar-refractivity contribution in [3.05, 3.63) is 79.6 Å². The Hall–Kier alpha value is -3.74. The van der Waals surface area contributed by atoms with Crippen molar-refractivity contribution in [2.45, 2.75) is 6.54 Å². The summed E-state index contributed by atoms with van der Waals surface area (Å²) in [6.45, 7) is 1.25. The maximum absolute atomic E-state index is 5.92. The number of para-hydroxylation sites is 2. The largest absolute Gasteiger partial charge is 0.490 e. The van der Waals surface area contributed by atoms with Gasteiger partial charge in [-0.25, -0.2) is 15.0 Å². The lowest BCUT2D eigenvalue weighted by Crippen LogP contribution is -2.08. The quantitative estimate of drug-likeness (QED) is 0.544. The second-order valence-electron chi connectivity index (χ2n) is 5.75. The molecule has 0 radical (unpaired) electrons. The molecule has 7 nitrogen and oxygen atoms in total. The van der Waals surface area contributed by atoms with E-state index in [9.17, 15) is 0 Å². The average Bonchev–Trinajstić information content (AvgIpc) is 3.24. The maximum atomic E-state index is 5.92. The van der Waals surface area contributed by atoms with E-state index in [-0.39, 0.29) is 0 Å². The first kappa shape index (κ1) is 16.7. The summed E-state index contributed by atoms with van der Waals surface area (Å²) in [7, 11) is 0. The molecule has 0 unspecified atom stereocenters. The van der Waals surface area contributed by atoms with Crippen LogP contribution in [0.3, 0.4) is 0 Å². The van der Waals surface area contributed by atoms with Crippen LogP contribution in [0.4, 0.5) is 11.6 Å². The van der Waals surface area contributed by atoms with Crippen LogP contribution in [0.5, 0.6) is 5.75 Å². The van der Waals surface area contributed by atoms with Gasteiger partial charge in [-0.15, -0.1) is 0 Å². The van der Waals surface area contributed by atoms with Crippen LogP contribution in [-0.4, -0.2) is 31.1 Å². The number of pyridine rings is 1. The van der Waals surface area contributed by atoms with Crippen LogP contribution >= 0.6 is 0 Å². The third kappa shape index (κ3) is 4.27. The summed E-state index contributed by atoms with van der Waals surface area (Å²) in [5, 5.41) is 3.23. The molecule has 7 heteroatoms. The van der Waals surface area contributed by atoms with Gasteiger partial charge in [-0.1, -0.05) is 18.2 Å². The lowest BCUT2D eigenvalue weighted by Gasteiger charge is -2.13. The number of nitrogens with one attached hydrogen (secondary N) is 1. The number of hydrogen-bond acceptors (Lipinski definition) is 6. The lowest BCUT2D eigenvalue weighted by atomic mass is 10.2. The van der Waals surface area contributed by atoms with Gasteiger partial charge in [0.2, 0.25) is 5.95 Å². The highest BCUT2D eigenvalue weighted by Gasteiger charge is 2.07. The van der Waals surface area contributed by atoms with E-state index < -0.39 is 0 Å². The van der Waals surface area contributed by atoms with Crippen molar-refractivity contribution in [1.29, 1.82) is 0 Å². The molecule has 4 rings (SSSR count). The minimum Gasteiger partial charge on any atom is -0.490 e. The van der Waals surface area contributed by atoms with Crippen LogP contribution in [0, 0.1) is 0 Å². The van der Waals surface area contributed by atoms with E-state index in [1.807, 2.05) is 59.3 Å². The molecule has 0 aliphatic carbocycles. The summed E-state index contributed by atoms with van der Waals surface area (Å²) in [4.78, 5) is 17.2. The molecule has 134 valence electrons. The van der Waals surface area contributed by atoms with Gasteiger partial charge in [-0.2, -0.15) is 0 Å².